The summed E-state index contributed by atoms with van der Waals surface area (Å²) >= 11 is 0. The van der Waals surface area contributed by atoms with Crippen molar-refractivity contribution < 1.29 is 9.53 Å². The Balaban J connectivity index is 2.79. The minimum Gasteiger partial charge on any atom is -0.459 e. The van der Waals surface area contributed by atoms with E-state index >= 15 is 0 Å². The molecule has 0 aliphatic carbocycles. The van der Waals surface area contributed by atoms with Crippen LogP contribution >= 0.6 is 0 Å². The second-order valence-electron chi connectivity index (χ2n) is 6.59. The molecule has 0 atom stereocenters. The predicted octanol–water partition coefficient (Wildman–Crippen LogP) is 3.15. The van der Waals surface area contributed by atoms with Crippen LogP contribution in [0.25, 0.3) is 0 Å². The van der Waals surface area contributed by atoms with Gasteiger partial charge in [0.05, 0.1) is 0 Å². The smallest absolute Gasteiger partial charge is 0.333 e. The minimum absolute atomic E-state index is 0.00796. The molecule has 0 saturated carbocycles. The van der Waals surface area contributed by atoms with Crippen LogP contribution in [0.4, 0.5) is 0 Å². The predicted molar refractivity (Wildman–Crippen MR) is 74.5 cm³/mol. The van der Waals surface area contributed by atoms with E-state index in [4.69, 9.17) is 4.74 Å². The van der Waals surface area contributed by atoms with Gasteiger partial charge in [0.25, 0.3) is 0 Å². The maximum absolute atomic E-state index is 11.8. The van der Waals surface area contributed by atoms with Gasteiger partial charge < -0.3 is 4.74 Å². The largest absolute Gasteiger partial charge is 0.459 e. The zero-order valence-electron chi connectivity index (χ0n) is 12.8. The molecular formula is C15H27NO2. The SMILES string of the molecule is C/C=C(\C)C(=O)OC1CC(C)(C)N(C)C(C)(C)C1. The van der Waals surface area contributed by atoms with Crippen molar-refractivity contribution in [1.82, 2.24) is 4.90 Å². The van der Waals surface area contributed by atoms with E-state index in [1.165, 1.54) is 0 Å². The maximum atomic E-state index is 11.8. The number of carbonyl (C=O) groups excluding carboxylic acids is 1. The summed E-state index contributed by atoms with van der Waals surface area (Å²) in [6.45, 7) is 12.5. The number of piperidine rings is 1. The number of hydrogen-bond donors (Lipinski definition) is 0. The molecule has 0 radical (unpaired) electrons. The van der Waals surface area contributed by atoms with E-state index < -0.39 is 0 Å². The average Bonchev–Trinajstić information content (AvgIpc) is 2.23. The van der Waals surface area contributed by atoms with Crippen LogP contribution in [-0.4, -0.2) is 35.1 Å². The van der Waals surface area contributed by atoms with Gasteiger partial charge in [-0.3, -0.25) is 4.90 Å². The number of allylic oxidation sites excluding steroid dienone is 1. The van der Waals surface area contributed by atoms with Gasteiger partial charge in [-0.25, -0.2) is 4.79 Å². The molecule has 1 aliphatic heterocycles. The molecule has 3 nitrogen and oxygen atoms in total. The van der Waals surface area contributed by atoms with E-state index in [-0.39, 0.29) is 23.2 Å². The van der Waals surface area contributed by atoms with Crippen molar-refractivity contribution in [3.63, 3.8) is 0 Å². The molecule has 18 heavy (non-hydrogen) atoms. The van der Waals surface area contributed by atoms with Gasteiger partial charge >= 0.3 is 5.97 Å². The molecule has 0 amide bonds. The van der Waals surface area contributed by atoms with Crippen molar-refractivity contribution in [2.45, 2.75) is 71.6 Å². The summed E-state index contributed by atoms with van der Waals surface area (Å²) in [7, 11) is 2.15. The van der Waals surface area contributed by atoms with Crippen molar-refractivity contribution in [2.75, 3.05) is 7.05 Å². The Bertz CT molecular complexity index is 338. The molecule has 104 valence electrons. The monoisotopic (exact) mass is 253 g/mol. The van der Waals surface area contributed by atoms with E-state index in [1.54, 1.807) is 13.0 Å². The Morgan fingerprint density at radius 2 is 1.67 bits per heavy atom. The molecule has 0 aromatic heterocycles. The minimum atomic E-state index is -0.182. The fourth-order valence-corrected chi connectivity index (χ4v) is 2.73. The highest BCUT2D eigenvalue weighted by Crippen LogP contribution is 2.38. The van der Waals surface area contributed by atoms with Crippen LogP contribution in [0.1, 0.15) is 54.4 Å². The van der Waals surface area contributed by atoms with Gasteiger partial charge in [-0.15, -0.1) is 0 Å². The van der Waals surface area contributed by atoms with Gasteiger partial charge in [-0.05, 0) is 48.6 Å². The zero-order valence-corrected chi connectivity index (χ0v) is 12.8. The van der Waals surface area contributed by atoms with Gasteiger partial charge in [-0.2, -0.15) is 0 Å². The number of rotatable bonds is 2. The van der Waals surface area contributed by atoms with Crippen molar-refractivity contribution in [3.8, 4) is 0 Å². The molecule has 0 aromatic carbocycles. The van der Waals surface area contributed by atoms with E-state index in [0.29, 0.717) is 5.57 Å². The van der Waals surface area contributed by atoms with Crippen LogP contribution in [0.5, 0.6) is 0 Å². The fraction of sp³-hybridized carbons (Fsp3) is 0.800. The molecule has 0 bridgehead atoms. The molecule has 1 heterocycles. The number of carbonyl (C=O) groups is 1. The second kappa shape index (κ2) is 5.04. The van der Waals surface area contributed by atoms with Crippen LogP contribution < -0.4 is 0 Å². The van der Waals surface area contributed by atoms with Crippen LogP contribution in [0, 0.1) is 0 Å². The standard InChI is InChI=1S/C15H27NO2/c1-8-11(2)13(17)18-12-9-14(3,4)16(7)15(5,6)10-12/h8,12H,9-10H2,1-7H3/b11-8+. The first-order valence-electron chi connectivity index (χ1n) is 6.68. The van der Waals surface area contributed by atoms with E-state index in [1.807, 2.05) is 6.92 Å². The lowest BCUT2D eigenvalue weighted by Crippen LogP contribution is -2.60. The number of esters is 1. The lowest BCUT2D eigenvalue weighted by molar-refractivity contribution is -0.154. The van der Waals surface area contributed by atoms with Gasteiger partial charge in [-0.1, -0.05) is 6.08 Å². The highest BCUT2D eigenvalue weighted by molar-refractivity contribution is 5.87. The summed E-state index contributed by atoms with van der Waals surface area (Å²) in [4.78, 5) is 14.2. The van der Waals surface area contributed by atoms with E-state index in [2.05, 4.69) is 39.6 Å². The Labute approximate surface area is 111 Å². The molecular weight excluding hydrogens is 226 g/mol. The molecule has 0 aromatic rings. The summed E-state index contributed by atoms with van der Waals surface area (Å²) in [5, 5.41) is 0. The highest BCUT2D eigenvalue weighted by atomic mass is 16.5. The zero-order chi connectivity index (χ0) is 14.1. The van der Waals surface area contributed by atoms with E-state index in [9.17, 15) is 4.79 Å². The average molecular weight is 253 g/mol. The highest BCUT2D eigenvalue weighted by Gasteiger charge is 2.44. The summed E-state index contributed by atoms with van der Waals surface area (Å²) in [5.74, 6) is -0.182. The fourth-order valence-electron chi connectivity index (χ4n) is 2.73. The van der Waals surface area contributed by atoms with E-state index in [0.717, 1.165) is 12.8 Å². The van der Waals surface area contributed by atoms with Crippen LogP contribution in [0.2, 0.25) is 0 Å². The Kier molecular flexibility index (Phi) is 4.26. The number of nitrogens with zero attached hydrogens (tertiary/aromatic N) is 1. The van der Waals surface area contributed by atoms with Crippen molar-refractivity contribution in [1.29, 1.82) is 0 Å². The van der Waals surface area contributed by atoms with Crippen molar-refractivity contribution in [3.05, 3.63) is 11.6 Å². The molecule has 3 heteroatoms. The van der Waals surface area contributed by atoms with Gasteiger partial charge in [0, 0.05) is 29.5 Å². The molecule has 0 unspecified atom stereocenters. The topological polar surface area (TPSA) is 29.5 Å². The Hall–Kier alpha value is -0.830. The molecule has 1 aliphatic rings. The molecule has 0 spiro atoms. The number of likely N-dealkylation sites (tertiary alicyclic amines) is 1. The lowest BCUT2D eigenvalue weighted by atomic mass is 9.79. The van der Waals surface area contributed by atoms with Crippen molar-refractivity contribution in [2.24, 2.45) is 0 Å². The Morgan fingerprint density at radius 3 is 2.06 bits per heavy atom. The molecule has 1 fully saturated rings. The second-order valence-corrected chi connectivity index (χ2v) is 6.59. The first kappa shape index (κ1) is 15.2. The van der Waals surface area contributed by atoms with Crippen LogP contribution in [0.15, 0.2) is 11.6 Å². The molecule has 1 rings (SSSR count). The summed E-state index contributed by atoms with van der Waals surface area (Å²) in [5.41, 5.74) is 0.789. The molecule has 0 N–H and O–H groups in total. The van der Waals surface area contributed by atoms with Gasteiger partial charge in [0.1, 0.15) is 6.10 Å². The first-order chi connectivity index (χ1) is 8.10. The van der Waals surface area contributed by atoms with Gasteiger partial charge in [0.2, 0.25) is 0 Å². The first-order valence-corrected chi connectivity index (χ1v) is 6.68. The summed E-state index contributed by atoms with van der Waals surface area (Å²) in [6.07, 6.45) is 3.58. The van der Waals surface area contributed by atoms with Crippen molar-refractivity contribution >= 4 is 5.97 Å². The number of hydrogen-bond acceptors (Lipinski definition) is 3. The quantitative estimate of drug-likeness (QED) is 0.559. The molecule has 1 saturated heterocycles. The third-order valence-corrected chi connectivity index (χ3v) is 4.30. The third kappa shape index (κ3) is 3.14. The van der Waals surface area contributed by atoms with Crippen LogP contribution in [0.3, 0.4) is 0 Å². The normalized spacial score (nSPS) is 24.9. The lowest BCUT2D eigenvalue weighted by Gasteiger charge is -2.53. The van der Waals surface area contributed by atoms with Gasteiger partial charge in [0.15, 0.2) is 0 Å². The Morgan fingerprint density at radius 1 is 1.22 bits per heavy atom. The third-order valence-electron chi connectivity index (χ3n) is 4.30. The summed E-state index contributed by atoms with van der Waals surface area (Å²) < 4.78 is 5.63. The maximum Gasteiger partial charge on any atom is 0.333 e. The van der Waals surface area contributed by atoms with Crippen LogP contribution in [-0.2, 0) is 9.53 Å². The summed E-state index contributed by atoms with van der Waals surface area (Å²) in [6, 6.07) is 0. The number of ether oxygens (including phenoxy) is 1.